The van der Waals surface area contributed by atoms with Crippen LogP contribution in [0.1, 0.15) is 67.1 Å². The molecule has 5 rings (SSSR count). The van der Waals surface area contributed by atoms with Gasteiger partial charge in [-0.15, -0.1) is 0 Å². The van der Waals surface area contributed by atoms with Crippen LogP contribution in [0.25, 0.3) is 11.1 Å². The van der Waals surface area contributed by atoms with E-state index in [0.29, 0.717) is 22.6 Å². The van der Waals surface area contributed by atoms with Crippen LogP contribution >= 0.6 is 0 Å². The van der Waals surface area contributed by atoms with E-state index in [2.05, 4.69) is 21.8 Å². The van der Waals surface area contributed by atoms with Gasteiger partial charge in [0.25, 0.3) is 5.91 Å². The first kappa shape index (κ1) is 18.1. The molecule has 28 heavy (non-hydrogen) atoms. The molecule has 150 valence electrons. The Balaban J connectivity index is 1.27. The summed E-state index contributed by atoms with van der Waals surface area (Å²) in [5, 5.41) is 0. The normalized spacial score (nSPS) is 30.0. The molecule has 6 heteroatoms. The molecule has 2 N–H and O–H groups in total. The Morgan fingerprint density at radius 3 is 2.50 bits per heavy atom. The summed E-state index contributed by atoms with van der Waals surface area (Å²) in [6.45, 7) is 2.22. The van der Waals surface area contributed by atoms with E-state index in [-0.39, 0.29) is 0 Å². The summed E-state index contributed by atoms with van der Waals surface area (Å²) in [6.07, 6.45) is 8.92. The van der Waals surface area contributed by atoms with Crippen LogP contribution in [-0.4, -0.2) is 59.0 Å². The number of primary amides is 1. The van der Waals surface area contributed by atoms with Crippen LogP contribution in [0.2, 0.25) is 0 Å². The summed E-state index contributed by atoms with van der Waals surface area (Å²) < 4.78 is 6.01. The van der Waals surface area contributed by atoms with E-state index in [1.807, 2.05) is 6.07 Å². The lowest BCUT2D eigenvalue weighted by Gasteiger charge is -2.50. The highest BCUT2D eigenvalue weighted by Crippen LogP contribution is 2.37. The minimum Gasteiger partial charge on any atom is -0.440 e. The molecule has 2 atom stereocenters. The van der Waals surface area contributed by atoms with E-state index < -0.39 is 5.91 Å². The van der Waals surface area contributed by atoms with Crippen LogP contribution in [0.3, 0.4) is 0 Å². The zero-order chi connectivity index (χ0) is 19.3. The molecule has 3 saturated heterocycles. The number of benzene rings is 1. The fourth-order valence-electron chi connectivity index (χ4n) is 5.74. The van der Waals surface area contributed by atoms with Crippen LogP contribution < -0.4 is 5.73 Å². The third-order valence-corrected chi connectivity index (χ3v) is 7.41. The molecule has 1 aromatic heterocycles. The van der Waals surface area contributed by atoms with Gasteiger partial charge in [-0.05, 0) is 70.8 Å². The number of rotatable bonds is 3. The number of oxazole rings is 1. The highest BCUT2D eigenvalue weighted by atomic mass is 16.3. The lowest BCUT2D eigenvalue weighted by atomic mass is 9.81. The number of likely N-dealkylation sites (tertiary alicyclic amines) is 1. The number of fused-ring (bicyclic) bond motifs is 3. The van der Waals surface area contributed by atoms with Crippen molar-refractivity contribution >= 4 is 17.0 Å². The lowest BCUT2D eigenvalue weighted by molar-refractivity contribution is 0.00107. The molecular formula is C22H30N4O2. The maximum atomic E-state index is 11.7. The number of amides is 1. The van der Waals surface area contributed by atoms with Crippen LogP contribution in [0.4, 0.5) is 0 Å². The van der Waals surface area contributed by atoms with Crippen LogP contribution in [0.15, 0.2) is 22.6 Å². The highest BCUT2D eigenvalue weighted by Gasteiger charge is 2.39. The molecular weight excluding hydrogens is 352 g/mol. The second-order valence-electron chi connectivity index (χ2n) is 8.91. The third kappa shape index (κ3) is 3.12. The molecule has 1 aromatic carbocycles. The van der Waals surface area contributed by atoms with E-state index in [4.69, 9.17) is 10.2 Å². The van der Waals surface area contributed by atoms with Crippen molar-refractivity contribution in [1.29, 1.82) is 0 Å². The topological polar surface area (TPSA) is 75.6 Å². The first-order valence-electron chi connectivity index (χ1n) is 10.8. The molecule has 2 aromatic rings. The van der Waals surface area contributed by atoms with Gasteiger partial charge in [0.15, 0.2) is 11.5 Å². The van der Waals surface area contributed by atoms with Gasteiger partial charge in [0, 0.05) is 24.0 Å². The van der Waals surface area contributed by atoms with E-state index in [1.54, 1.807) is 12.1 Å². The predicted molar refractivity (Wildman–Crippen MR) is 108 cm³/mol. The van der Waals surface area contributed by atoms with Gasteiger partial charge in [0.05, 0.1) is 5.56 Å². The summed E-state index contributed by atoms with van der Waals surface area (Å²) in [7, 11) is 2.32. The Bertz CT molecular complexity index is 857. The number of hydrogen-bond donors (Lipinski definition) is 1. The highest BCUT2D eigenvalue weighted by molar-refractivity contribution is 6.03. The second kappa shape index (κ2) is 7.16. The standard InChI is InChI=1S/C22H30N4O2/c1-25-15-4-2-5-16(25)13-17(12-15)26-10-8-14(9-11-26)22-24-20-18(21(23)27)6-3-7-19(20)28-22/h3,6-7,14-17H,2,4-5,8-13H2,1H3,(H2,23,27). The third-order valence-electron chi connectivity index (χ3n) is 7.41. The van der Waals surface area contributed by atoms with Crippen molar-refractivity contribution in [3.63, 3.8) is 0 Å². The zero-order valence-electron chi connectivity index (χ0n) is 16.6. The minimum absolute atomic E-state index is 0.329. The number of hydrogen-bond acceptors (Lipinski definition) is 5. The lowest BCUT2D eigenvalue weighted by Crippen LogP contribution is -2.56. The molecule has 0 aliphatic carbocycles. The maximum Gasteiger partial charge on any atom is 0.251 e. The van der Waals surface area contributed by atoms with Gasteiger partial charge >= 0.3 is 0 Å². The zero-order valence-corrected chi connectivity index (χ0v) is 16.6. The largest absolute Gasteiger partial charge is 0.440 e. The first-order valence-corrected chi connectivity index (χ1v) is 10.8. The van der Waals surface area contributed by atoms with Gasteiger partial charge in [-0.25, -0.2) is 4.98 Å². The molecule has 3 aliphatic rings. The summed E-state index contributed by atoms with van der Waals surface area (Å²) in [4.78, 5) is 21.7. The fraction of sp³-hybridized carbons (Fsp3) is 0.636. The van der Waals surface area contributed by atoms with E-state index in [1.165, 1.54) is 32.1 Å². The second-order valence-corrected chi connectivity index (χ2v) is 8.91. The Morgan fingerprint density at radius 1 is 1.11 bits per heavy atom. The van der Waals surface area contributed by atoms with Crippen molar-refractivity contribution in [2.45, 2.75) is 69.0 Å². The van der Waals surface area contributed by atoms with Gasteiger partial charge in [0.2, 0.25) is 0 Å². The smallest absolute Gasteiger partial charge is 0.251 e. The molecule has 2 bridgehead atoms. The van der Waals surface area contributed by atoms with Crippen molar-refractivity contribution in [2.75, 3.05) is 20.1 Å². The van der Waals surface area contributed by atoms with Gasteiger partial charge in [0.1, 0.15) is 5.52 Å². The first-order chi connectivity index (χ1) is 13.6. The van der Waals surface area contributed by atoms with Crippen LogP contribution in [0.5, 0.6) is 0 Å². The number of nitrogens with zero attached hydrogens (tertiary/aromatic N) is 3. The number of carbonyl (C=O) groups is 1. The Kier molecular flexibility index (Phi) is 4.63. The van der Waals surface area contributed by atoms with Gasteiger partial charge in [-0.1, -0.05) is 12.5 Å². The summed E-state index contributed by atoms with van der Waals surface area (Å²) >= 11 is 0. The Labute approximate surface area is 166 Å². The average Bonchev–Trinajstić information content (AvgIpc) is 3.12. The van der Waals surface area contributed by atoms with Crippen molar-refractivity contribution in [3.05, 3.63) is 29.7 Å². The molecule has 0 spiro atoms. The minimum atomic E-state index is -0.451. The molecule has 3 fully saturated rings. The number of para-hydroxylation sites is 1. The van der Waals surface area contributed by atoms with Gasteiger partial charge < -0.3 is 20.0 Å². The molecule has 6 nitrogen and oxygen atoms in total. The molecule has 0 radical (unpaired) electrons. The van der Waals surface area contributed by atoms with Crippen LogP contribution in [0, 0.1) is 0 Å². The molecule has 3 aliphatic heterocycles. The van der Waals surface area contributed by atoms with Gasteiger partial charge in [-0.2, -0.15) is 0 Å². The monoisotopic (exact) mass is 382 g/mol. The quantitative estimate of drug-likeness (QED) is 0.883. The summed E-state index contributed by atoms with van der Waals surface area (Å²) in [5.41, 5.74) is 7.20. The van der Waals surface area contributed by atoms with E-state index in [9.17, 15) is 4.79 Å². The fourth-order valence-corrected chi connectivity index (χ4v) is 5.74. The molecule has 0 saturated carbocycles. The number of carbonyl (C=O) groups excluding carboxylic acids is 1. The molecule has 2 unspecified atom stereocenters. The van der Waals surface area contributed by atoms with E-state index in [0.717, 1.165) is 49.9 Å². The van der Waals surface area contributed by atoms with Gasteiger partial charge in [-0.3, -0.25) is 4.79 Å². The van der Waals surface area contributed by atoms with Crippen LogP contribution in [-0.2, 0) is 0 Å². The molecule has 4 heterocycles. The van der Waals surface area contributed by atoms with Crippen molar-refractivity contribution in [2.24, 2.45) is 5.73 Å². The SMILES string of the molecule is CN1C2CCCC1CC(N1CCC(c3nc4c(C(N)=O)cccc4o3)CC1)C2. The summed E-state index contributed by atoms with van der Waals surface area (Å²) in [5.74, 6) is 0.645. The number of piperidine rings is 3. The van der Waals surface area contributed by atoms with E-state index >= 15 is 0 Å². The average molecular weight is 383 g/mol. The Hall–Kier alpha value is -1.92. The predicted octanol–water partition coefficient (Wildman–Crippen LogP) is 3.12. The Morgan fingerprint density at radius 2 is 1.82 bits per heavy atom. The summed E-state index contributed by atoms with van der Waals surface area (Å²) in [6, 6.07) is 7.68. The molecule has 1 amide bonds. The number of nitrogens with two attached hydrogens (primary N) is 1. The van der Waals surface area contributed by atoms with Crippen molar-refractivity contribution < 1.29 is 9.21 Å². The van der Waals surface area contributed by atoms with Crippen molar-refractivity contribution in [3.8, 4) is 0 Å². The maximum absolute atomic E-state index is 11.7. The van der Waals surface area contributed by atoms with Crippen molar-refractivity contribution in [1.82, 2.24) is 14.8 Å². The number of aromatic nitrogens is 1.